The van der Waals surface area contributed by atoms with Crippen molar-refractivity contribution >= 4 is 70.7 Å². The lowest BCUT2D eigenvalue weighted by atomic mass is 9.85. The molecule has 0 bridgehead atoms. The number of benzene rings is 2. The van der Waals surface area contributed by atoms with Crippen LogP contribution in [-0.2, 0) is 43.1 Å². The number of likely N-dealkylation sites (N-methyl/N-ethyl adjacent to an activating group) is 1. The topological polar surface area (TPSA) is 200 Å². The number of Topliss-reactive ketones (excluding diaryl/α,β-unsaturated/α-hetero) is 1. The van der Waals surface area contributed by atoms with Gasteiger partial charge in [0, 0.05) is 39.5 Å². The number of carbonyl (C=O) groups excluding carboxylic acids is 8. The van der Waals surface area contributed by atoms with Crippen molar-refractivity contribution in [2.75, 3.05) is 38.7 Å². The zero-order chi connectivity index (χ0) is 43.5. The van der Waals surface area contributed by atoms with Crippen LogP contribution in [0.15, 0.2) is 60.7 Å². The average Bonchev–Trinajstić information content (AvgIpc) is 3.57. The lowest BCUT2D eigenvalue weighted by Crippen LogP contribution is -2.59. The summed E-state index contributed by atoms with van der Waals surface area (Å²) in [4.78, 5) is 110. The van der Waals surface area contributed by atoms with Crippen LogP contribution in [0, 0.1) is 5.41 Å². The molecule has 5 atom stereocenters. The molecule has 1 unspecified atom stereocenters. The summed E-state index contributed by atoms with van der Waals surface area (Å²) in [6.07, 6.45) is 0.410. The fourth-order valence-electron chi connectivity index (χ4n) is 6.86. The molecule has 0 aliphatic carbocycles. The number of rotatable bonds is 16. The molecule has 2 saturated heterocycles. The van der Waals surface area contributed by atoms with Gasteiger partial charge in [-0.2, -0.15) is 0 Å². The Kier molecular flexibility index (Phi) is 16.6. The van der Waals surface area contributed by atoms with Crippen LogP contribution in [0.1, 0.15) is 83.6 Å². The number of hydrogen-bond donors (Lipinski definition) is 4. The average molecular weight is 853 g/mol. The van der Waals surface area contributed by atoms with E-state index in [1.165, 1.54) is 16.7 Å². The maximum atomic E-state index is 14.7. The summed E-state index contributed by atoms with van der Waals surface area (Å²) in [7, 11) is 3.10. The number of nitrogens with one attached hydrogen (secondary N) is 4. The summed E-state index contributed by atoms with van der Waals surface area (Å²) < 4.78 is 4.89. The van der Waals surface area contributed by atoms with E-state index in [0.717, 1.165) is 17.9 Å². The zero-order valence-corrected chi connectivity index (χ0v) is 36.3. The number of thioether (sulfide) groups is 2. The number of nitrogens with zero attached hydrogens (tertiary/aromatic N) is 2. The first kappa shape index (κ1) is 46.8. The molecule has 1 spiro atoms. The number of amides is 6. The Morgan fingerprint density at radius 2 is 1.47 bits per heavy atom. The minimum atomic E-state index is -1.33. The zero-order valence-electron chi connectivity index (χ0n) is 34.7. The standard InChI is InChI=1S/C42H56N6O9S2/c1-8-16-29(33(51)37(53)43-24-31(50)45-32(39(55)47(6)7)27-17-11-9-12-18-27)44-36(52)30-23-42(58-21-15-22-59-42)25-48(30)40(56)35(41(3,4)5)46-38(54)34(57-26(2)49)28-19-13-10-14-20-28/h9-14,17-20,29-30,32,34-35H,8,15-16,21-25H2,1-7H3,(H,43,53)(H,44,52)(H,45,50)(H,46,54)/t29?,30-,32-,34-,35+/m0/s1. The monoisotopic (exact) mass is 852 g/mol. The van der Waals surface area contributed by atoms with Gasteiger partial charge in [-0.3, -0.25) is 38.4 Å². The van der Waals surface area contributed by atoms with Crippen molar-refractivity contribution in [3.05, 3.63) is 71.8 Å². The summed E-state index contributed by atoms with van der Waals surface area (Å²) in [5, 5.41) is 10.5. The first-order chi connectivity index (χ1) is 27.9. The molecule has 2 aromatic rings. The van der Waals surface area contributed by atoms with E-state index in [2.05, 4.69) is 21.3 Å². The molecule has 4 N–H and O–H groups in total. The number of ether oxygens (including phenoxy) is 1. The van der Waals surface area contributed by atoms with E-state index in [1.54, 1.807) is 126 Å². The minimum absolute atomic E-state index is 0.102. The van der Waals surface area contributed by atoms with Crippen LogP contribution in [0.5, 0.6) is 0 Å². The predicted octanol–water partition coefficient (Wildman–Crippen LogP) is 2.90. The van der Waals surface area contributed by atoms with Gasteiger partial charge in [0.15, 0.2) is 0 Å². The third-order valence-corrected chi connectivity index (χ3v) is 13.2. The Labute approximate surface area is 354 Å². The lowest BCUT2D eigenvalue weighted by molar-refractivity contribution is -0.156. The van der Waals surface area contributed by atoms with E-state index in [4.69, 9.17) is 4.74 Å². The van der Waals surface area contributed by atoms with E-state index < -0.39 is 93.5 Å². The van der Waals surface area contributed by atoms with Gasteiger partial charge in [0.05, 0.1) is 16.7 Å². The summed E-state index contributed by atoms with van der Waals surface area (Å²) in [6, 6.07) is 12.5. The second-order valence-corrected chi connectivity index (χ2v) is 19.1. The molecule has 6 amide bonds. The van der Waals surface area contributed by atoms with E-state index >= 15 is 0 Å². The quantitative estimate of drug-likeness (QED) is 0.143. The molecular weight excluding hydrogens is 797 g/mol. The van der Waals surface area contributed by atoms with Crippen molar-refractivity contribution in [2.45, 2.75) is 94.7 Å². The van der Waals surface area contributed by atoms with Crippen molar-refractivity contribution in [1.82, 2.24) is 31.1 Å². The summed E-state index contributed by atoms with van der Waals surface area (Å²) in [6.45, 7) is 7.90. The van der Waals surface area contributed by atoms with Gasteiger partial charge in [-0.05, 0) is 35.3 Å². The van der Waals surface area contributed by atoms with Crippen LogP contribution in [0.4, 0.5) is 0 Å². The van der Waals surface area contributed by atoms with Crippen LogP contribution >= 0.6 is 23.5 Å². The number of hydrogen-bond acceptors (Lipinski definition) is 11. The maximum Gasteiger partial charge on any atom is 0.303 e. The van der Waals surface area contributed by atoms with Gasteiger partial charge in [-0.25, -0.2) is 0 Å². The molecular formula is C42H56N6O9S2. The van der Waals surface area contributed by atoms with E-state index in [1.807, 2.05) is 0 Å². The largest absolute Gasteiger partial charge is 0.447 e. The molecule has 2 aliphatic heterocycles. The molecule has 17 heteroatoms. The van der Waals surface area contributed by atoms with Crippen molar-refractivity contribution < 1.29 is 43.1 Å². The highest BCUT2D eigenvalue weighted by molar-refractivity contribution is 8.18. The van der Waals surface area contributed by atoms with Crippen LogP contribution in [0.25, 0.3) is 0 Å². The third-order valence-electron chi connectivity index (χ3n) is 9.89. The maximum absolute atomic E-state index is 14.7. The molecule has 4 rings (SSSR count). The fraction of sp³-hybridized carbons (Fsp3) is 0.524. The second kappa shape index (κ2) is 20.9. The first-order valence-corrected chi connectivity index (χ1v) is 21.6. The van der Waals surface area contributed by atoms with Gasteiger partial charge in [0.1, 0.15) is 18.1 Å². The van der Waals surface area contributed by atoms with Crippen molar-refractivity contribution in [1.29, 1.82) is 0 Å². The van der Waals surface area contributed by atoms with Gasteiger partial charge < -0.3 is 35.8 Å². The SMILES string of the molecule is CCCC(NC(=O)[C@@H]1CC2(CN1C(=O)[C@@H](NC(=O)[C@@H](OC(C)=O)c1ccccc1)C(C)(C)C)SCCCS2)C(=O)C(=O)NCC(=O)N[C@H](C(=O)N(C)C)c1ccccc1. The van der Waals surface area contributed by atoms with E-state index in [-0.39, 0.29) is 19.4 Å². The Bertz CT molecular complexity index is 1850. The predicted molar refractivity (Wildman–Crippen MR) is 226 cm³/mol. The highest BCUT2D eigenvalue weighted by Crippen LogP contribution is 2.50. The first-order valence-electron chi connectivity index (χ1n) is 19.7. The Morgan fingerprint density at radius 3 is 2.02 bits per heavy atom. The number of ketones is 1. The van der Waals surface area contributed by atoms with Crippen molar-refractivity contribution in [2.24, 2.45) is 5.41 Å². The Hall–Kier alpha value is -4.90. The van der Waals surface area contributed by atoms with Crippen LogP contribution in [0.2, 0.25) is 0 Å². The fourth-order valence-corrected chi connectivity index (χ4v) is 10.2. The molecule has 320 valence electrons. The molecule has 2 fully saturated rings. The lowest BCUT2D eigenvalue weighted by Gasteiger charge is -2.37. The molecule has 0 radical (unpaired) electrons. The normalized spacial score (nSPS) is 18.0. The molecule has 0 aromatic heterocycles. The van der Waals surface area contributed by atoms with Gasteiger partial charge in [0.25, 0.3) is 11.8 Å². The summed E-state index contributed by atoms with van der Waals surface area (Å²) in [5.41, 5.74) is 0.0908. The molecule has 0 saturated carbocycles. The molecule has 2 heterocycles. The Balaban J connectivity index is 1.52. The van der Waals surface area contributed by atoms with E-state index in [0.29, 0.717) is 17.5 Å². The van der Waals surface area contributed by atoms with Crippen molar-refractivity contribution in [3.8, 4) is 0 Å². The van der Waals surface area contributed by atoms with Gasteiger partial charge in [-0.1, -0.05) is 94.8 Å². The highest BCUT2D eigenvalue weighted by atomic mass is 32.2. The smallest absolute Gasteiger partial charge is 0.303 e. The number of esters is 1. The molecule has 2 aromatic carbocycles. The van der Waals surface area contributed by atoms with Gasteiger partial charge >= 0.3 is 5.97 Å². The van der Waals surface area contributed by atoms with Crippen LogP contribution in [-0.4, -0.2) is 118 Å². The molecule has 59 heavy (non-hydrogen) atoms. The van der Waals surface area contributed by atoms with Gasteiger partial charge in [-0.15, -0.1) is 23.5 Å². The Morgan fingerprint density at radius 1 is 0.881 bits per heavy atom. The molecule has 15 nitrogen and oxygen atoms in total. The minimum Gasteiger partial charge on any atom is -0.447 e. The van der Waals surface area contributed by atoms with Gasteiger partial charge in [0.2, 0.25) is 35.5 Å². The molecule has 2 aliphatic rings. The summed E-state index contributed by atoms with van der Waals surface area (Å²) in [5.74, 6) is -4.06. The summed E-state index contributed by atoms with van der Waals surface area (Å²) >= 11 is 3.33. The highest BCUT2D eigenvalue weighted by Gasteiger charge is 2.53. The number of likely N-dealkylation sites (tertiary alicyclic amines) is 1. The van der Waals surface area contributed by atoms with Crippen LogP contribution < -0.4 is 21.3 Å². The number of carbonyl (C=O) groups is 8. The van der Waals surface area contributed by atoms with Crippen molar-refractivity contribution in [3.63, 3.8) is 0 Å². The third kappa shape index (κ3) is 12.6. The van der Waals surface area contributed by atoms with E-state index in [9.17, 15) is 38.4 Å². The second-order valence-electron chi connectivity index (χ2n) is 15.9. The van der Waals surface area contributed by atoms with Crippen LogP contribution in [0.3, 0.4) is 0 Å².